The minimum Gasteiger partial charge on any atom is -0.329 e. The fourth-order valence-electron chi connectivity index (χ4n) is 3.77. The Hall–Kier alpha value is -2.74. The van der Waals surface area contributed by atoms with Gasteiger partial charge in [0.1, 0.15) is 18.4 Å². The van der Waals surface area contributed by atoms with Gasteiger partial charge in [-0.3, -0.25) is 14.4 Å². The summed E-state index contributed by atoms with van der Waals surface area (Å²) in [4.78, 5) is 40.5. The number of carbonyl (C=O) groups excluding carboxylic acids is 3. The molecule has 0 aromatic heterocycles. The van der Waals surface area contributed by atoms with Gasteiger partial charge in [-0.15, -0.1) is 0 Å². The van der Waals surface area contributed by atoms with Crippen molar-refractivity contribution in [2.24, 2.45) is 0 Å². The maximum Gasteiger partial charge on any atom is 0.255 e. The number of rotatable bonds is 4. The van der Waals surface area contributed by atoms with Crippen molar-refractivity contribution in [3.05, 3.63) is 63.9 Å². The number of halogens is 2. The minimum absolute atomic E-state index is 0.0142. The van der Waals surface area contributed by atoms with Crippen LogP contribution in [0.25, 0.3) is 0 Å². The number of fused-ring (bicyclic) bond motifs is 1. The standard InChI is InChI=1S/C21H19BrFN3O3/c22-15-7-8-17(16(23)10-15)24-20(28)14-5-3-13(4-6-14)11-25-12-19(27)26-9-1-2-18(26)21(25)29/h3-8,10,18H,1-2,9,11-12H2,(H,24,28)/t18-/m0/s1. The van der Waals surface area contributed by atoms with Crippen molar-refractivity contribution in [1.29, 1.82) is 0 Å². The van der Waals surface area contributed by atoms with Gasteiger partial charge in [0, 0.05) is 23.1 Å². The Morgan fingerprint density at radius 1 is 1.17 bits per heavy atom. The molecule has 0 saturated carbocycles. The van der Waals surface area contributed by atoms with Crippen LogP contribution in [0.1, 0.15) is 28.8 Å². The summed E-state index contributed by atoms with van der Waals surface area (Å²) in [7, 11) is 0. The van der Waals surface area contributed by atoms with Crippen LogP contribution < -0.4 is 5.32 Å². The lowest BCUT2D eigenvalue weighted by Gasteiger charge is -2.36. The fraction of sp³-hybridized carbons (Fsp3) is 0.286. The molecular weight excluding hydrogens is 441 g/mol. The second-order valence-corrected chi connectivity index (χ2v) is 8.13. The summed E-state index contributed by atoms with van der Waals surface area (Å²) >= 11 is 3.17. The van der Waals surface area contributed by atoms with Crippen LogP contribution in [0.15, 0.2) is 46.9 Å². The highest BCUT2D eigenvalue weighted by molar-refractivity contribution is 9.10. The third-order valence-corrected chi connectivity index (χ3v) is 5.76. The minimum atomic E-state index is -0.529. The molecule has 1 N–H and O–H groups in total. The van der Waals surface area contributed by atoms with Crippen molar-refractivity contribution in [3.8, 4) is 0 Å². The van der Waals surface area contributed by atoms with E-state index in [9.17, 15) is 18.8 Å². The first-order valence-electron chi connectivity index (χ1n) is 9.36. The topological polar surface area (TPSA) is 69.7 Å². The van der Waals surface area contributed by atoms with E-state index in [2.05, 4.69) is 21.2 Å². The third kappa shape index (κ3) is 4.03. The molecule has 2 aromatic rings. The van der Waals surface area contributed by atoms with E-state index in [1.807, 2.05) is 0 Å². The van der Waals surface area contributed by atoms with Gasteiger partial charge in [-0.1, -0.05) is 28.1 Å². The summed E-state index contributed by atoms with van der Waals surface area (Å²) in [5, 5.41) is 2.54. The molecule has 2 fully saturated rings. The van der Waals surface area contributed by atoms with E-state index in [0.29, 0.717) is 29.5 Å². The molecule has 0 radical (unpaired) electrons. The van der Waals surface area contributed by atoms with Crippen LogP contribution in [0.3, 0.4) is 0 Å². The largest absolute Gasteiger partial charge is 0.329 e. The molecule has 2 heterocycles. The van der Waals surface area contributed by atoms with E-state index in [-0.39, 0.29) is 30.1 Å². The van der Waals surface area contributed by atoms with Gasteiger partial charge in [-0.05, 0) is 48.7 Å². The van der Waals surface area contributed by atoms with Gasteiger partial charge in [0.05, 0.1) is 5.69 Å². The highest BCUT2D eigenvalue weighted by Gasteiger charge is 2.41. The molecule has 4 rings (SSSR count). The molecule has 8 heteroatoms. The summed E-state index contributed by atoms with van der Waals surface area (Å²) in [5.41, 5.74) is 1.30. The normalized spacial score (nSPS) is 18.8. The van der Waals surface area contributed by atoms with Gasteiger partial charge in [-0.2, -0.15) is 0 Å². The number of carbonyl (C=O) groups is 3. The lowest BCUT2D eigenvalue weighted by Crippen LogP contribution is -2.56. The number of hydrogen-bond acceptors (Lipinski definition) is 3. The van der Waals surface area contributed by atoms with Crippen molar-refractivity contribution in [3.63, 3.8) is 0 Å². The zero-order valence-electron chi connectivity index (χ0n) is 15.5. The number of anilines is 1. The van der Waals surface area contributed by atoms with Crippen molar-refractivity contribution in [1.82, 2.24) is 9.80 Å². The molecule has 2 aliphatic rings. The molecule has 0 spiro atoms. The summed E-state index contributed by atoms with van der Waals surface area (Å²) in [5.74, 6) is -0.989. The Balaban J connectivity index is 1.42. The van der Waals surface area contributed by atoms with E-state index in [0.717, 1.165) is 12.0 Å². The lowest BCUT2D eigenvalue weighted by molar-refractivity contribution is -0.154. The van der Waals surface area contributed by atoms with Crippen LogP contribution in [0.2, 0.25) is 0 Å². The molecular formula is C21H19BrFN3O3. The Morgan fingerprint density at radius 3 is 2.66 bits per heavy atom. The molecule has 6 nitrogen and oxygen atoms in total. The Kier molecular flexibility index (Phi) is 5.36. The van der Waals surface area contributed by atoms with Crippen LogP contribution in [-0.2, 0) is 16.1 Å². The van der Waals surface area contributed by atoms with Crippen molar-refractivity contribution >= 4 is 39.3 Å². The van der Waals surface area contributed by atoms with E-state index in [1.165, 1.54) is 12.1 Å². The van der Waals surface area contributed by atoms with Gasteiger partial charge < -0.3 is 15.1 Å². The zero-order chi connectivity index (χ0) is 20.5. The Bertz CT molecular complexity index is 980. The highest BCUT2D eigenvalue weighted by Crippen LogP contribution is 2.25. The van der Waals surface area contributed by atoms with E-state index in [1.54, 1.807) is 40.1 Å². The van der Waals surface area contributed by atoms with Crippen LogP contribution in [0, 0.1) is 5.82 Å². The average Bonchev–Trinajstić information content (AvgIpc) is 3.19. The molecule has 1 atom stereocenters. The van der Waals surface area contributed by atoms with Crippen LogP contribution >= 0.6 is 15.9 Å². The van der Waals surface area contributed by atoms with Crippen molar-refractivity contribution < 1.29 is 18.8 Å². The number of piperazine rings is 1. The first kappa shape index (κ1) is 19.6. The monoisotopic (exact) mass is 459 g/mol. The predicted molar refractivity (Wildman–Crippen MR) is 109 cm³/mol. The molecule has 2 saturated heterocycles. The smallest absolute Gasteiger partial charge is 0.255 e. The molecule has 0 unspecified atom stereocenters. The average molecular weight is 460 g/mol. The SMILES string of the molecule is O=C(Nc1ccc(Br)cc1F)c1ccc(CN2CC(=O)N3CCC[C@H]3C2=O)cc1. The molecule has 150 valence electrons. The van der Waals surface area contributed by atoms with E-state index >= 15 is 0 Å². The maximum atomic E-state index is 13.9. The fourth-order valence-corrected chi connectivity index (χ4v) is 4.10. The molecule has 0 aliphatic carbocycles. The summed E-state index contributed by atoms with van der Waals surface area (Å²) in [6, 6.07) is 10.8. The van der Waals surface area contributed by atoms with Crippen LogP contribution in [0.5, 0.6) is 0 Å². The Morgan fingerprint density at radius 2 is 1.93 bits per heavy atom. The lowest BCUT2D eigenvalue weighted by atomic mass is 10.1. The van der Waals surface area contributed by atoms with Crippen molar-refractivity contribution in [2.45, 2.75) is 25.4 Å². The number of amides is 3. The summed E-state index contributed by atoms with van der Waals surface area (Å²) in [6.07, 6.45) is 1.57. The van der Waals surface area contributed by atoms with Crippen LogP contribution in [0.4, 0.5) is 10.1 Å². The number of hydrogen-bond donors (Lipinski definition) is 1. The van der Waals surface area contributed by atoms with Gasteiger partial charge in [0.2, 0.25) is 11.8 Å². The highest BCUT2D eigenvalue weighted by atomic mass is 79.9. The van der Waals surface area contributed by atoms with E-state index < -0.39 is 11.7 Å². The number of nitrogens with zero attached hydrogens (tertiary/aromatic N) is 2. The van der Waals surface area contributed by atoms with Gasteiger partial charge in [0.25, 0.3) is 5.91 Å². The summed E-state index contributed by atoms with van der Waals surface area (Å²) < 4.78 is 14.5. The molecule has 0 bridgehead atoms. The first-order valence-corrected chi connectivity index (χ1v) is 10.2. The number of benzene rings is 2. The van der Waals surface area contributed by atoms with Gasteiger partial charge >= 0.3 is 0 Å². The predicted octanol–water partition coefficient (Wildman–Crippen LogP) is 3.17. The molecule has 3 amide bonds. The zero-order valence-corrected chi connectivity index (χ0v) is 17.1. The molecule has 2 aliphatic heterocycles. The van der Waals surface area contributed by atoms with Gasteiger partial charge in [-0.25, -0.2) is 4.39 Å². The quantitative estimate of drug-likeness (QED) is 0.763. The van der Waals surface area contributed by atoms with Crippen LogP contribution in [-0.4, -0.2) is 46.7 Å². The number of nitrogens with one attached hydrogen (secondary N) is 1. The van der Waals surface area contributed by atoms with Gasteiger partial charge in [0.15, 0.2) is 0 Å². The first-order chi connectivity index (χ1) is 13.9. The third-order valence-electron chi connectivity index (χ3n) is 5.26. The Labute approximate surface area is 175 Å². The molecule has 29 heavy (non-hydrogen) atoms. The van der Waals surface area contributed by atoms with E-state index in [4.69, 9.17) is 0 Å². The second kappa shape index (κ2) is 7.94. The molecule has 2 aromatic carbocycles. The van der Waals surface area contributed by atoms with Crippen molar-refractivity contribution in [2.75, 3.05) is 18.4 Å². The summed E-state index contributed by atoms with van der Waals surface area (Å²) in [6.45, 7) is 1.06. The second-order valence-electron chi connectivity index (χ2n) is 7.21. The maximum absolute atomic E-state index is 13.9.